The monoisotopic (exact) mass is 309 g/mol. The van der Waals surface area contributed by atoms with Gasteiger partial charge < -0.3 is 5.11 Å². The minimum Gasteiger partial charge on any atom is -0.393 e. The summed E-state index contributed by atoms with van der Waals surface area (Å²) in [6.45, 7) is 7.68. The molecule has 2 nitrogen and oxygen atoms in total. The molecule has 0 bridgehead atoms. The van der Waals surface area contributed by atoms with E-state index < -0.39 is 0 Å². The molecule has 2 aromatic rings. The van der Waals surface area contributed by atoms with E-state index >= 15 is 0 Å². The average molecular weight is 309 g/mol. The van der Waals surface area contributed by atoms with Crippen LogP contribution in [-0.4, -0.2) is 22.2 Å². The molecule has 0 amide bonds. The Morgan fingerprint density at radius 1 is 0.957 bits per heavy atom. The fourth-order valence-electron chi connectivity index (χ4n) is 2.83. The van der Waals surface area contributed by atoms with Crippen LogP contribution < -0.4 is 0 Å². The first-order chi connectivity index (χ1) is 11.2. The average Bonchev–Trinajstić information content (AvgIpc) is 2.56. The number of aliphatic hydroxyl groups is 1. The maximum absolute atomic E-state index is 10.1. The van der Waals surface area contributed by atoms with Gasteiger partial charge in [0, 0.05) is 19.1 Å². The third-order valence-electron chi connectivity index (χ3n) is 4.13. The molecular formula is C21H27NO. The van der Waals surface area contributed by atoms with E-state index in [1.165, 1.54) is 11.1 Å². The molecule has 2 aromatic carbocycles. The first-order valence-corrected chi connectivity index (χ1v) is 8.30. The Kier molecular flexibility index (Phi) is 7.05. The van der Waals surface area contributed by atoms with Crippen LogP contribution in [0.2, 0.25) is 0 Å². The predicted octanol–water partition coefficient (Wildman–Crippen LogP) is 4.40. The summed E-state index contributed by atoms with van der Waals surface area (Å²) in [7, 11) is 0. The van der Waals surface area contributed by atoms with Gasteiger partial charge in [0.1, 0.15) is 0 Å². The fraction of sp³-hybridized carbons (Fsp3) is 0.333. The molecule has 23 heavy (non-hydrogen) atoms. The molecule has 0 saturated carbocycles. The topological polar surface area (TPSA) is 23.5 Å². The van der Waals surface area contributed by atoms with Crippen LogP contribution in [0.25, 0.3) is 0 Å². The molecule has 0 aliphatic rings. The van der Waals surface area contributed by atoms with Crippen molar-refractivity contribution < 1.29 is 5.11 Å². The molecule has 0 aromatic heterocycles. The quantitative estimate of drug-likeness (QED) is 0.694. The largest absolute Gasteiger partial charge is 0.393 e. The van der Waals surface area contributed by atoms with Gasteiger partial charge in [-0.15, -0.1) is 6.58 Å². The molecule has 0 saturated heterocycles. The molecule has 0 aliphatic carbocycles. The molecule has 122 valence electrons. The molecule has 2 heteroatoms. The summed E-state index contributed by atoms with van der Waals surface area (Å²) in [5, 5.41) is 10.1. The van der Waals surface area contributed by atoms with Crippen LogP contribution in [0.4, 0.5) is 0 Å². The van der Waals surface area contributed by atoms with Gasteiger partial charge in [0.2, 0.25) is 0 Å². The maximum atomic E-state index is 10.1. The zero-order chi connectivity index (χ0) is 16.5. The minimum absolute atomic E-state index is 0.297. The molecule has 2 rings (SSSR count). The zero-order valence-corrected chi connectivity index (χ0v) is 13.9. The summed E-state index contributed by atoms with van der Waals surface area (Å²) in [6.07, 6.45) is 2.87. The van der Waals surface area contributed by atoms with Crippen LogP contribution in [0, 0.1) is 0 Å². The van der Waals surface area contributed by atoms with Crippen LogP contribution in [0.1, 0.15) is 30.9 Å². The lowest BCUT2D eigenvalue weighted by Crippen LogP contribution is -2.34. The van der Waals surface area contributed by atoms with E-state index in [9.17, 15) is 5.11 Å². The molecule has 2 atom stereocenters. The van der Waals surface area contributed by atoms with Gasteiger partial charge in [-0.1, -0.05) is 66.7 Å². The van der Waals surface area contributed by atoms with E-state index in [-0.39, 0.29) is 6.10 Å². The molecule has 0 aliphatic heterocycles. The minimum atomic E-state index is -0.323. The van der Waals surface area contributed by atoms with Crippen LogP contribution in [0.5, 0.6) is 0 Å². The Morgan fingerprint density at radius 2 is 1.43 bits per heavy atom. The standard InChI is InChI=1S/C21H27NO/c1-3-10-21(23)15-18(2)22(16-19-11-6-4-7-12-19)17-20-13-8-5-9-14-20/h3-9,11-14,18,21,23H,1,10,15-17H2,2H3. The molecular weight excluding hydrogens is 282 g/mol. The summed E-state index contributed by atoms with van der Waals surface area (Å²) in [5.41, 5.74) is 2.60. The van der Waals surface area contributed by atoms with Gasteiger partial charge in [-0.2, -0.15) is 0 Å². The van der Waals surface area contributed by atoms with E-state index in [0.717, 1.165) is 19.5 Å². The lowest BCUT2D eigenvalue weighted by molar-refractivity contribution is 0.101. The second-order valence-electron chi connectivity index (χ2n) is 6.14. The SMILES string of the molecule is C=CCC(O)CC(C)N(Cc1ccccc1)Cc1ccccc1. The molecule has 0 radical (unpaired) electrons. The highest BCUT2D eigenvalue weighted by Crippen LogP contribution is 2.17. The van der Waals surface area contributed by atoms with Crippen molar-refractivity contribution in [2.75, 3.05) is 0 Å². The Bertz CT molecular complexity index is 525. The van der Waals surface area contributed by atoms with Crippen molar-refractivity contribution in [2.45, 2.75) is 45.0 Å². The van der Waals surface area contributed by atoms with Gasteiger partial charge in [-0.3, -0.25) is 4.90 Å². The Balaban J connectivity index is 2.08. The van der Waals surface area contributed by atoms with Crippen molar-refractivity contribution in [1.29, 1.82) is 0 Å². The Morgan fingerprint density at radius 3 is 1.87 bits per heavy atom. The van der Waals surface area contributed by atoms with Crippen molar-refractivity contribution in [3.63, 3.8) is 0 Å². The van der Waals surface area contributed by atoms with Crippen molar-refractivity contribution in [3.05, 3.63) is 84.4 Å². The molecule has 0 heterocycles. The second-order valence-corrected chi connectivity index (χ2v) is 6.14. The zero-order valence-electron chi connectivity index (χ0n) is 13.9. The molecule has 0 spiro atoms. The van der Waals surface area contributed by atoms with Gasteiger partial charge in [0.05, 0.1) is 6.10 Å². The van der Waals surface area contributed by atoms with Gasteiger partial charge in [-0.25, -0.2) is 0 Å². The molecule has 1 N–H and O–H groups in total. The lowest BCUT2D eigenvalue weighted by atomic mass is 10.0. The van der Waals surface area contributed by atoms with E-state index in [2.05, 4.69) is 66.9 Å². The van der Waals surface area contributed by atoms with E-state index in [0.29, 0.717) is 12.5 Å². The second kappa shape index (κ2) is 9.29. The van der Waals surface area contributed by atoms with E-state index in [4.69, 9.17) is 0 Å². The first-order valence-electron chi connectivity index (χ1n) is 8.30. The summed E-state index contributed by atoms with van der Waals surface area (Å²) >= 11 is 0. The number of hydrogen-bond donors (Lipinski definition) is 1. The van der Waals surface area contributed by atoms with Crippen LogP contribution in [0.3, 0.4) is 0 Å². The van der Waals surface area contributed by atoms with Crippen LogP contribution in [0.15, 0.2) is 73.3 Å². The number of rotatable bonds is 9. The van der Waals surface area contributed by atoms with E-state index in [1.807, 2.05) is 12.1 Å². The third kappa shape index (κ3) is 6.01. The molecule has 2 unspecified atom stereocenters. The molecule has 0 fully saturated rings. The number of nitrogens with zero attached hydrogens (tertiary/aromatic N) is 1. The fourth-order valence-corrected chi connectivity index (χ4v) is 2.83. The summed E-state index contributed by atoms with van der Waals surface area (Å²) < 4.78 is 0. The van der Waals surface area contributed by atoms with Gasteiger partial charge in [0.25, 0.3) is 0 Å². The summed E-state index contributed by atoms with van der Waals surface area (Å²) in [6, 6.07) is 21.3. The number of aliphatic hydroxyl groups excluding tert-OH is 1. The maximum Gasteiger partial charge on any atom is 0.0589 e. The summed E-state index contributed by atoms with van der Waals surface area (Å²) in [5.74, 6) is 0. The normalized spacial score (nSPS) is 13.7. The predicted molar refractivity (Wildman–Crippen MR) is 97.0 cm³/mol. The third-order valence-corrected chi connectivity index (χ3v) is 4.13. The Hall–Kier alpha value is -1.90. The Labute approximate surface area is 140 Å². The lowest BCUT2D eigenvalue weighted by Gasteiger charge is -2.30. The van der Waals surface area contributed by atoms with Crippen LogP contribution in [-0.2, 0) is 13.1 Å². The number of benzene rings is 2. The smallest absolute Gasteiger partial charge is 0.0589 e. The highest BCUT2D eigenvalue weighted by atomic mass is 16.3. The first kappa shape index (κ1) is 17.5. The summed E-state index contributed by atoms with van der Waals surface area (Å²) in [4.78, 5) is 2.43. The van der Waals surface area contributed by atoms with Crippen molar-refractivity contribution in [3.8, 4) is 0 Å². The highest BCUT2D eigenvalue weighted by molar-refractivity contribution is 5.17. The van der Waals surface area contributed by atoms with E-state index in [1.54, 1.807) is 6.08 Å². The van der Waals surface area contributed by atoms with Gasteiger partial charge in [0.15, 0.2) is 0 Å². The number of hydrogen-bond acceptors (Lipinski definition) is 2. The van der Waals surface area contributed by atoms with Crippen molar-refractivity contribution >= 4 is 0 Å². The van der Waals surface area contributed by atoms with Gasteiger partial charge in [-0.05, 0) is 30.9 Å². The highest BCUT2D eigenvalue weighted by Gasteiger charge is 2.18. The van der Waals surface area contributed by atoms with Crippen molar-refractivity contribution in [2.24, 2.45) is 0 Å². The van der Waals surface area contributed by atoms with Crippen molar-refractivity contribution in [1.82, 2.24) is 4.90 Å². The van der Waals surface area contributed by atoms with Crippen LogP contribution >= 0.6 is 0 Å². The van der Waals surface area contributed by atoms with Gasteiger partial charge >= 0.3 is 0 Å².